The number of benzene rings is 1. The molecule has 1 heterocycles. The van der Waals surface area contributed by atoms with Crippen molar-refractivity contribution in [1.29, 1.82) is 0 Å². The van der Waals surface area contributed by atoms with Gasteiger partial charge in [-0.25, -0.2) is 4.98 Å². The molecule has 0 aliphatic carbocycles. The van der Waals surface area contributed by atoms with Gasteiger partial charge in [-0.2, -0.15) is 0 Å². The fourth-order valence-corrected chi connectivity index (χ4v) is 2.52. The normalized spacial score (nSPS) is 12.1. The van der Waals surface area contributed by atoms with Gasteiger partial charge in [-0.15, -0.1) is 11.3 Å². The summed E-state index contributed by atoms with van der Waals surface area (Å²) < 4.78 is 0. The molecule has 5 heteroatoms. The van der Waals surface area contributed by atoms with Gasteiger partial charge < -0.3 is 11.1 Å². The van der Waals surface area contributed by atoms with E-state index in [-0.39, 0.29) is 5.91 Å². The number of hydrogen-bond donors (Lipinski definition) is 2. The molecule has 0 unspecified atom stereocenters. The Labute approximate surface area is 123 Å². The highest BCUT2D eigenvalue weighted by Crippen LogP contribution is 2.24. The second-order valence-corrected chi connectivity index (χ2v) is 5.55. The van der Waals surface area contributed by atoms with Crippen molar-refractivity contribution < 1.29 is 4.79 Å². The third-order valence-electron chi connectivity index (χ3n) is 3.01. The van der Waals surface area contributed by atoms with E-state index in [2.05, 4.69) is 17.2 Å². The van der Waals surface area contributed by atoms with Gasteiger partial charge in [0.05, 0.1) is 6.04 Å². The molecular weight excluding hydrogens is 270 g/mol. The van der Waals surface area contributed by atoms with E-state index in [9.17, 15) is 4.79 Å². The highest BCUT2D eigenvalue weighted by molar-refractivity contribution is 7.13. The molecule has 0 aliphatic heterocycles. The van der Waals surface area contributed by atoms with Crippen LogP contribution in [0.2, 0.25) is 0 Å². The van der Waals surface area contributed by atoms with Crippen molar-refractivity contribution in [3.05, 3.63) is 35.8 Å². The second-order valence-electron chi connectivity index (χ2n) is 4.66. The van der Waals surface area contributed by atoms with Crippen LogP contribution in [0.3, 0.4) is 0 Å². The number of carbonyl (C=O) groups excluding carboxylic acids is 1. The van der Waals surface area contributed by atoms with Crippen LogP contribution >= 0.6 is 11.3 Å². The topological polar surface area (TPSA) is 68.0 Å². The van der Waals surface area contributed by atoms with Gasteiger partial charge in [0.15, 0.2) is 0 Å². The van der Waals surface area contributed by atoms with Gasteiger partial charge in [0.1, 0.15) is 5.01 Å². The van der Waals surface area contributed by atoms with E-state index in [0.29, 0.717) is 6.42 Å². The molecule has 4 nitrogen and oxygen atoms in total. The maximum Gasteiger partial charge on any atom is 0.241 e. The maximum absolute atomic E-state index is 12.0. The number of nitrogens with zero attached hydrogens (tertiary/aromatic N) is 1. The molecule has 0 bridgehead atoms. The molecule has 1 atom stereocenters. The Morgan fingerprint density at radius 2 is 2.35 bits per heavy atom. The van der Waals surface area contributed by atoms with E-state index in [1.807, 2.05) is 29.6 Å². The maximum atomic E-state index is 12.0. The molecule has 1 amide bonds. The average molecular weight is 289 g/mol. The molecule has 20 heavy (non-hydrogen) atoms. The zero-order chi connectivity index (χ0) is 14.4. The minimum Gasteiger partial charge on any atom is -0.325 e. The molecular formula is C15H19N3OS. The van der Waals surface area contributed by atoms with E-state index >= 15 is 0 Å². The first kappa shape index (κ1) is 14.7. The van der Waals surface area contributed by atoms with Gasteiger partial charge in [-0.1, -0.05) is 31.9 Å². The van der Waals surface area contributed by atoms with Gasteiger partial charge in [0, 0.05) is 22.8 Å². The molecule has 2 rings (SSSR count). The monoisotopic (exact) mass is 289 g/mol. The summed E-state index contributed by atoms with van der Waals surface area (Å²) in [6, 6.07) is 7.22. The number of unbranched alkanes of at least 4 members (excludes halogenated alkanes) is 1. The number of amides is 1. The van der Waals surface area contributed by atoms with Crippen LogP contribution < -0.4 is 11.1 Å². The molecule has 0 saturated heterocycles. The summed E-state index contributed by atoms with van der Waals surface area (Å²) in [5.41, 5.74) is 7.62. The molecule has 0 saturated carbocycles. The molecule has 0 aliphatic rings. The third kappa shape index (κ3) is 3.88. The average Bonchev–Trinajstić information content (AvgIpc) is 2.99. The SMILES string of the molecule is CCCC[C@H](N)C(=O)Nc1cccc(-c2nccs2)c1. The predicted molar refractivity (Wildman–Crippen MR) is 83.7 cm³/mol. The first-order valence-corrected chi connectivity index (χ1v) is 7.65. The van der Waals surface area contributed by atoms with E-state index < -0.39 is 6.04 Å². The van der Waals surface area contributed by atoms with Gasteiger partial charge in [0.25, 0.3) is 0 Å². The summed E-state index contributed by atoms with van der Waals surface area (Å²) in [5, 5.41) is 5.74. The van der Waals surface area contributed by atoms with Crippen LogP contribution in [-0.2, 0) is 4.79 Å². The lowest BCUT2D eigenvalue weighted by Gasteiger charge is -2.12. The first-order chi connectivity index (χ1) is 9.70. The fraction of sp³-hybridized carbons (Fsp3) is 0.333. The van der Waals surface area contributed by atoms with E-state index in [1.54, 1.807) is 17.5 Å². The Balaban J connectivity index is 2.03. The minimum atomic E-state index is -0.446. The Bertz CT molecular complexity index is 554. The number of nitrogens with two attached hydrogens (primary N) is 1. The summed E-state index contributed by atoms with van der Waals surface area (Å²) in [4.78, 5) is 16.2. The van der Waals surface area contributed by atoms with Gasteiger partial charge in [-0.3, -0.25) is 4.79 Å². The molecule has 1 aromatic heterocycles. The molecule has 0 fully saturated rings. The fourth-order valence-electron chi connectivity index (χ4n) is 1.89. The lowest BCUT2D eigenvalue weighted by molar-refractivity contribution is -0.117. The number of hydrogen-bond acceptors (Lipinski definition) is 4. The van der Waals surface area contributed by atoms with Crippen molar-refractivity contribution in [2.24, 2.45) is 5.73 Å². The molecule has 2 aromatic rings. The Hall–Kier alpha value is -1.72. The van der Waals surface area contributed by atoms with Crippen LogP contribution in [0.4, 0.5) is 5.69 Å². The summed E-state index contributed by atoms with van der Waals surface area (Å²) in [7, 11) is 0. The Kier molecular flexibility index (Phi) is 5.26. The van der Waals surface area contributed by atoms with Crippen molar-refractivity contribution >= 4 is 22.9 Å². The van der Waals surface area contributed by atoms with Crippen LogP contribution in [0.1, 0.15) is 26.2 Å². The standard InChI is InChI=1S/C15H19N3OS/c1-2-3-7-13(16)14(19)18-12-6-4-5-11(10-12)15-17-8-9-20-15/h4-6,8-10,13H,2-3,7,16H2,1H3,(H,18,19)/t13-/m0/s1. The molecule has 1 aromatic carbocycles. The smallest absolute Gasteiger partial charge is 0.241 e. The number of carbonyl (C=O) groups is 1. The molecule has 106 valence electrons. The number of aromatic nitrogens is 1. The van der Waals surface area contributed by atoms with Crippen LogP contribution in [-0.4, -0.2) is 16.9 Å². The Morgan fingerprint density at radius 3 is 3.05 bits per heavy atom. The lowest BCUT2D eigenvalue weighted by atomic mass is 10.1. The van der Waals surface area contributed by atoms with E-state index in [4.69, 9.17) is 5.73 Å². The highest BCUT2D eigenvalue weighted by atomic mass is 32.1. The van der Waals surface area contributed by atoms with Crippen LogP contribution in [0.15, 0.2) is 35.8 Å². The molecule has 3 N–H and O–H groups in total. The number of thiazole rings is 1. The highest BCUT2D eigenvalue weighted by Gasteiger charge is 2.13. The van der Waals surface area contributed by atoms with Gasteiger partial charge in [0.2, 0.25) is 5.91 Å². The lowest BCUT2D eigenvalue weighted by Crippen LogP contribution is -2.35. The van der Waals surface area contributed by atoms with Gasteiger partial charge in [-0.05, 0) is 18.6 Å². The van der Waals surface area contributed by atoms with Crippen molar-refractivity contribution in [2.75, 3.05) is 5.32 Å². The minimum absolute atomic E-state index is 0.130. The van der Waals surface area contributed by atoms with Crippen LogP contribution in [0, 0.1) is 0 Å². The molecule has 0 radical (unpaired) electrons. The number of anilines is 1. The summed E-state index contributed by atoms with van der Waals surface area (Å²) in [6.45, 7) is 2.09. The second kappa shape index (κ2) is 7.17. The van der Waals surface area contributed by atoms with Crippen molar-refractivity contribution in [3.63, 3.8) is 0 Å². The summed E-state index contributed by atoms with van der Waals surface area (Å²) >= 11 is 1.57. The summed E-state index contributed by atoms with van der Waals surface area (Å²) in [5.74, 6) is -0.130. The Morgan fingerprint density at radius 1 is 1.50 bits per heavy atom. The zero-order valence-corrected chi connectivity index (χ0v) is 12.3. The third-order valence-corrected chi connectivity index (χ3v) is 3.84. The largest absolute Gasteiger partial charge is 0.325 e. The van der Waals surface area contributed by atoms with E-state index in [1.165, 1.54) is 0 Å². The van der Waals surface area contributed by atoms with Crippen molar-refractivity contribution in [2.45, 2.75) is 32.2 Å². The van der Waals surface area contributed by atoms with Crippen LogP contribution in [0.5, 0.6) is 0 Å². The number of nitrogens with one attached hydrogen (secondary N) is 1. The van der Waals surface area contributed by atoms with E-state index in [0.717, 1.165) is 29.1 Å². The van der Waals surface area contributed by atoms with Crippen LogP contribution in [0.25, 0.3) is 10.6 Å². The van der Waals surface area contributed by atoms with Crippen molar-refractivity contribution in [1.82, 2.24) is 4.98 Å². The predicted octanol–water partition coefficient (Wildman–Crippen LogP) is 3.27. The zero-order valence-electron chi connectivity index (χ0n) is 11.5. The first-order valence-electron chi connectivity index (χ1n) is 6.77. The quantitative estimate of drug-likeness (QED) is 0.857. The number of rotatable bonds is 6. The summed E-state index contributed by atoms with van der Waals surface area (Å²) in [6.07, 6.45) is 4.49. The van der Waals surface area contributed by atoms with Gasteiger partial charge >= 0.3 is 0 Å². The van der Waals surface area contributed by atoms with Crippen molar-refractivity contribution in [3.8, 4) is 10.6 Å². The molecule has 0 spiro atoms.